The third-order valence-electron chi connectivity index (χ3n) is 4.75. The molecule has 4 rings (SSSR count). The van der Waals surface area contributed by atoms with E-state index in [4.69, 9.17) is 4.74 Å². The molecule has 0 N–H and O–H groups in total. The SMILES string of the molecule is O=C(OCc1cccc2ccccc12)C(c1ccccc1)c1ccccc1. The highest BCUT2D eigenvalue weighted by atomic mass is 16.5. The normalized spacial score (nSPS) is 10.9. The molecule has 2 nitrogen and oxygen atoms in total. The van der Waals surface area contributed by atoms with Gasteiger partial charge in [0.15, 0.2) is 0 Å². The minimum Gasteiger partial charge on any atom is -0.460 e. The maximum atomic E-state index is 13.0. The summed E-state index contributed by atoms with van der Waals surface area (Å²) in [5, 5.41) is 2.26. The highest BCUT2D eigenvalue weighted by Crippen LogP contribution is 2.27. The Bertz CT molecular complexity index is 995. The largest absolute Gasteiger partial charge is 0.460 e. The smallest absolute Gasteiger partial charge is 0.318 e. The van der Waals surface area contributed by atoms with Crippen LogP contribution in [0.5, 0.6) is 0 Å². The van der Waals surface area contributed by atoms with Gasteiger partial charge in [0.2, 0.25) is 0 Å². The highest BCUT2D eigenvalue weighted by Gasteiger charge is 2.24. The van der Waals surface area contributed by atoms with Gasteiger partial charge in [0, 0.05) is 0 Å². The second kappa shape index (κ2) is 7.88. The Hall–Kier alpha value is -3.39. The third kappa shape index (κ3) is 3.75. The average molecular weight is 352 g/mol. The Kier molecular flexibility index (Phi) is 4.97. The monoisotopic (exact) mass is 352 g/mol. The van der Waals surface area contributed by atoms with E-state index in [1.807, 2.05) is 84.9 Å². The summed E-state index contributed by atoms with van der Waals surface area (Å²) in [7, 11) is 0. The number of carbonyl (C=O) groups is 1. The van der Waals surface area contributed by atoms with Gasteiger partial charge in [-0.05, 0) is 27.5 Å². The second-order valence-electron chi connectivity index (χ2n) is 6.50. The predicted molar refractivity (Wildman–Crippen MR) is 108 cm³/mol. The molecule has 2 heteroatoms. The van der Waals surface area contributed by atoms with Gasteiger partial charge in [0.25, 0.3) is 0 Å². The van der Waals surface area contributed by atoms with E-state index in [9.17, 15) is 4.79 Å². The van der Waals surface area contributed by atoms with E-state index in [1.54, 1.807) is 0 Å². The van der Waals surface area contributed by atoms with Crippen molar-refractivity contribution in [1.82, 2.24) is 0 Å². The minimum atomic E-state index is -0.428. The Morgan fingerprint density at radius 3 is 1.89 bits per heavy atom. The van der Waals surface area contributed by atoms with Crippen molar-refractivity contribution in [2.75, 3.05) is 0 Å². The molecule has 4 aromatic rings. The number of ether oxygens (including phenoxy) is 1. The number of rotatable bonds is 5. The first kappa shape index (κ1) is 17.0. The number of hydrogen-bond acceptors (Lipinski definition) is 2. The summed E-state index contributed by atoms with van der Waals surface area (Å²) >= 11 is 0. The van der Waals surface area contributed by atoms with Gasteiger partial charge < -0.3 is 4.74 Å². The van der Waals surface area contributed by atoms with Crippen LogP contribution in [0.25, 0.3) is 10.8 Å². The minimum absolute atomic E-state index is 0.236. The van der Waals surface area contributed by atoms with E-state index < -0.39 is 5.92 Å². The molecule has 132 valence electrons. The van der Waals surface area contributed by atoms with Crippen molar-refractivity contribution >= 4 is 16.7 Å². The molecule has 0 aliphatic rings. The van der Waals surface area contributed by atoms with Crippen molar-refractivity contribution in [3.05, 3.63) is 120 Å². The summed E-state index contributed by atoms with van der Waals surface area (Å²) in [5.74, 6) is -0.664. The van der Waals surface area contributed by atoms with Gasteiger partial charge in [-0.3, -0.25) is 4.79 Å². The summed E-state index contributed by atoms with van der Waals surface area (Å²) in [6.07, 6.45) is 0. The van der Waals surface area contributed by atoms with Crippen molar-refractivity contribution in [3.63, 3.8) is 0 Å². The van der Waals surface area contributed by atoms with Crippen molar-refractivity contribution in [2.24, 2.45) is 0 Å². The van der Waals surface area contributed by atoms with Gasteiger partial charge in [-0.15, -0.1) is 0 Å². The predicted octanol–water partition coefficient (Wildman–Crippen LogP) is 5.72. The fourth-order valence-electron chi connectivity index (χ4n) is 3.41. The summed E-state index contributed by atoms with van der Waals surface area (Å²) in [6, 6.07) is 33.8. The molecule has 27 heavy (non-hydrogen) atoms. The lowest BCUT2D eigenvalue weighted by molar-refractivity contribution is -0.145. The number of fused-ring (bicyclic) bond motifs is 1. The van der Waals surface area contributed by atoms with Crippen LogP contribution in [0.15, 0.2) is 103 Å². The van der Waals surface area contributed by atoms with Gasteiger partial charge in [-0.1, -0.05) is 103 Å². The highest BCUT2D eigenvalue weighted by molar-refractivity contribution is 5.86. The standard InChI is InChI=1S/C25H20O2/c26-25(27-18-22-16-9-15-19-10-7-8-17-23(19)22)24(20-11-3-1-4-12-20)21-13-5-2-6-14-21/h1-17,24H,18H2. The van der Waals surface area contributed by atoms with Crippen molar-refractivity contribution in [3.8, 4) is 0 Å². The number of benzene rings is 4. The second-order valence-corrected chi connectivity index (χ2v) is 6.50. The number of esters is 1. The first-order chi connectivity index (χ1) is 13.3. The molecule has 0 spiro atoms. The van der Waals surface area contributed by atoms with Crippen LogP contribution in [-0.4, -0.2) is 5.97 Å². The van der Waals surface area contributed by atoms with Gasteiger partial charge in [-0.2, -0.15) is 0 Å². The molecule has 0 amide bonds. The van der Waals surface area contributed by atoms with Crippen LogP contribution in [0.1, 0.15) is 22.6 Å². The lowest BCUT2D eigenvalue weighted by Gasteiger charge is -2.17. The van der Waals surface area contributed by atoms with Crippen LogP contribution < -0.4 is 0 Å². The third-order valence-corrected chi connectivity index (χ3v) is 4.75. The van der Waals surface area contributed by atoms with Gasteiger partial charge in [-0.25, -0.2) is 0 Å². The molecular weight excluding hydrogens is 332 g/mol. The zero-order chi connectivity index (χ0) is 18.5. The fraction of sp³-hybridized carbons (Fsp3) is 0.0800. The van der Waals surface area contributed by atoms with Crippen LogP contribution >= 0.6 is 0 Å². The van der Waals surface area contributed by atoms with E-state index in [2.05, 4.69) is 18.2 Å². The number of carbonyl (C=O) groups excluding carboxylic acids is 1. The Morgan fingerprint density at radius 2 is 1.22 bits per heavy atom. The molecule has 4 aromatic carbocycles. The molecular formula is C25H20O2. The van der Waals surface area contributed by atoms with Gasteiger partial charge >= 0.3 is 5.97 Å². The Balaban J connectivity index is 1.61. The van der Waals surface area contributed by atoms with E-state index in [1.165, 1.54) is 0 Å². The number of hydrogen-bond donors (Lipinski definition) is 0. The van der Waals surface area contributed by atoms with Crippen molar-refractivity contribution in [2.45, 2.75) is 12.5 Å². The quantitative estimate of drug-likeness (QED) is 0.430. The van der Waals surface area contributed by atoms with Crippen LogP contribution in [0, 0.1) is 0 Å². The van der Waals surface area contributed by atoms with E-state index in [-0.39, 0.29) is 12.6 Å². The summed E-state index contributed by atoms with van der Waals surface area (Å²) in [6.45, 7) is 0.260. The summed E-state index contributed by atoms with van der Waals surface area (Å²) < 4.78 is 5.77. The first-order valence-corrected chi connectivity index (χ1v) is 9.06. The van der Waals surface area contributed by atoms with Crippen LogP contribution in [0.3, 0.4) is 0 Å². The molecule has 0 aliphatic carbocycles. The molecule has 0 fully saturated rings. The first-order valence-electron chi connectivity index (χ1n) is 9.06. The summed E-state index contributed by atoms with van der Waals surface area (Å²) in [5.41, 5.74) is 2.89. The van der Waals surface area contributed by atoms with E-state index in [0.29, 0.717) is 0 Å². The molecule has 0 heterocycles. The van der Waals surface area contributed by atoms with Gasteiger partial charge in [0.05, 0.1) is 0 Å². The average Bonchev–Trinajstić information content (AvgIpc) is 2.74. The van der Waals surface area contributed by atoms with Crippen LogP contribution in [-0.2, 0) is 16.1 Å². The van der Waals surface area contributed by atoms with Gasteiger partial charge in [0.1, 0.15) is 12.5 Å². The molecule has 0 aromatic heterocycles. The molecule has 0 aliphatic heterocycles. The Morgan fingerprint density at radius 1 is 0.667 bits per heavy atom. The molecule has 0 radical (unpaired) electrons. The zero-order valence-electron chi connectivity index (χ0n) is 14.9. The van der Waals surface area contributed by atoms with Crippen molar-refractivity contribution in [1.29, 1.82) is 0 Å². The Labute approximate surface area is 159 Å². The maximum absolute atomic E-state index is 13.0. The molecule has 0 atom stereocenters. The zero-order valence-corrected chi connectivity index (χ0v) is 14.9. The van der Waals surface area contributed by atoms with E-state index in [0.717, 1.165) is 27.5 Å². The van der Waals surface area contributed by atoms with Crippen molar-refractivity contribution < 1.29 is 9.53 Å². The van der Waals surface area contributed by atoms with Crippen LogP contribution in [0.4, 0.5) is 0 Å². The lowest BCUT2D eigenvalue weighted by atomic mass is 9.91. The lowest BCUT2D eigenvalue weighted by Crippen LogP contribution is -2.17. The molecule has 0 unspecified atom stereocenters. The van der Waals surface area contributed by atoms with E-state index >= 15 is 0 Å². The molecule has 0 saturated heterocycles. The fourth-order valence-corrected chi connectivity index (χ4v) is 3.41. The topological polar surface area (TPSA) is 26.3 Å². The molecule has 0 saturated carbocycles. The summed E-state index contributed by atoms with van der Waals surface area (Å²) in [4.78, 5) is 13.0. The molecule has 0 bridgehead atoms. The maximum Gasteiger partial charge on any atom is 0.318 e. The van der Waals surface area contributed by atoms with Crippen LogP contribution in [0.2, 0.25) is 0 Å².